The number of amides is 1. The molecule has 4 heteroatoms. The molecule has 0 bridgehead atoms. The second kappa shape index (κ2) is 7.10. The third kappa shape index (κ3) is 3.95. The van der Waals surface area contributed by atoms with Gasteiger partial charge < -0.3 is 11.1 Å². The monoisotopic (exact) mass is 255 g/mol. The largest absolute Gasteiger partial charge is 0.354 e. The summed E-state index contributed by atoms with van der Waals surface area (Å²) in [7, 11) is 0. The van der Waals surface area contributed by atoms with Gasteiger partial charge in [-0.15, -0.1) is 0 Å². The first-order valence-electron chi connectivity index (χ1n) is 7.20. The Hall–Kier alpha value is -0.610. The SMILES string of the molecule is CC(C)CNC(=O)C(C)N1CCCC(C)C1CN. The highest BCUT2D eigenvalue weighted by atomic mass is 16.2. The molecule has 1 rings (SSSR count). The maximum atomic E-state index is 12.1. The zero-order valence-electron chi connectivity index (χ0n) is 12.3. The molecule has 1 heterocycles. The van der Waals surface area contributed by atoms with Gasteiger partial charge in [0, 0.05) is 19.1 Å². The van der Waals surface area contributed by atoms with Crippen molar-refractivity contribution in [3.8, 4) is 0 Å². The van der Waals surface area contributed by atoms with Gasteiger partial charge in [-0.3, -0.25) is 9.69 Å². The molecule has 106 valence electrons. The molecule has 18 heavy (non-hydrogen) atoms. The fourth-order valence-electron chi connectivity index (χ4n) is 2.73. The smallest absolute Gasteiger partial charge is 0.237 e. The average molecular weight is 255 g/mol. The molecular weight excluding hydrogens is 226 g/mol. The van der Waals surface area contributed by atoms with Crippen LogP contribution in [-0.2, 0) is 4.79 Å². The fraction of sp³-hybridized carbons (Fsp3) is 0.929. The van der Waals surface area contributed by atoms with E-state index in [1.165, 1.54) is 12.8 Å². The molecule has 0 aromatic carbocycles. The van der Waals surface area contributed by atoms with E-state index in [4.69, 9.17) is 5.73 Å². The highest BCUT2D eigenvalue weighted by Gasteiger charge is 2.33. The first-order chi connectivity index (χ1) is 8.47. The lowest BCUT2D eigenvalue weighted by atomic mass is 9.89. The second-order valence-electron chi connectivity index (χ2n) is 5.98. The van der Waals surface area contributed by atoms with E-state index in [0.717, 1.165) is 13.1 Å². The standard InChI is InChI=1S/C14H29N3O/c1-10(2)9-16-14(18)12(4)17-7-5-6-11(3)13(17)8-15/h10-13H,5-9,15H2,1-4H3,(H,16,18). The van der Waals surface area contributed by atoms with E-state index >= 15 is 0 Å². The normalized spacial score (nSPS) is 27.2. The molecule has 0 aliphatic carbocycles. The summed E-state index contributed by atoms with van der Waals surface area (Å²) in [5.41, 5.74) is 5.87. The van der Waals surface area contributed by atoms with Crippen LogP contribution in [0.15, 0.2) is 0 Å². The van der Waals surface area contributed by atoms with Crippen molar-refractivity contribution in [2.75, 3.05) is 19.6 Å². The van der Waals surface area contributed by atoms with Crippen LogP contribution >= 0.6 is 0 Å². The Bertz CT molecular complexity index is 268. The summed E-state index contributed by atoms with van der Waals surface area (Å²) < 4.78 is 0. The molecule has 3 N–H and O–H groups in total. The number of piperidine rings is 1. The van der Waals surface area contributed by atoms with E-state index in [0.29, 0.717) is 24.4 Å². The quantitative estimate of drug-likeness (QED) is 0.776. The maximum Gasteiger partial charge on any atom is 0.237 e. The minimum absolute atomic E-state index is 0.0694. The lowest BCUT2D eigenvalue weighted by Gasteiger charge is -2.42. The average Bonchev–Trinajstić information content (AvgIpc) is 2.34. The van der Waals surface area contributed by atoms with E-state index in [9.17, 15) is 4.79 Å². The molecule has 0 spiro atoms. The molecule has 1 fully saturated rings. The highest BCUT2D eigenvalue weighted by Crippen LogP contribution is 2.24. The predicted molar refractivity (Wildman–Crippen MR) is 75.3 cm³/mol. The molecule has 4 nitrogen and oxygen atoms in total. The molecular formula is C14H29N3O. The van der Waals surface area contributed by atoms with Crippen LogP contribution in [0.2, 0.25) is 0 Å². The van der Waals surface area contributed by atoms with Crippen molar-refractivity contribution in [1.82, 2.24) is 10.2 Å². The molecule has 1 saturated heterocycles. The number of carbonyl (C=O) groups is 1. The van der Waals surface area contributed by atoms with Gasteiger partial charge in [-0.2, -0.15) is 0 Å². The van der Waals surface area contributed by atoms with Gasteiger partial charge in [0.05, 0.1) is 6.04 Å². The number of carbonyl (C=O) groups excluding carboxylic acids is 1. The summed E-state index contributed by atoms with van der Waals surface area (Å²) in [6, 6.07) is 0.276. The minimum Gasteiger partial charge on any atom is -0.354 e. The number of likely N-dealkylation sites (tertiary alicyclic amines) is 1. The van der Waals surface area contributed by atoms with Crippen molar-refractivity contribution in [2.45, 2.75) is 52.6 Å². The summed E-state index contributed by atoms with van der Waals surface area (Å²) in [4.78, 5) is 14.4. The molecule has 1 amide bonds. The van der Waals surface area contributed by atoms with Crippen molar-refractivity contribution in [3.05, 3.63) is 0 Å². The van der Waals surface area contributed by atoms with Crippen LogP contribution in [0.5, 0.6) is 0 Å². The zero-order chi connectivity index (χ0) is 13.7. The lowest BCUT2D eigenvalue weighted by Crippen LogP contribution is -2.56. The number of nitrogens with one attached hydrogen (secondary N) is 1. The summed E-state index contributed by atoms with van der Waals surface area (Å²) in [5.74, 6) is 1.21. The Morgan fingerprint density at radius 3 is 2.67 bits per heavy atom. The van der Waals surface area contributed by atoms with Crippen LogP contribution < -0.4 is 11.1 Å². The Morgan fingerprint density at radius 2 is 2.11 bits per heavy atom. The van der Waals surface area contributed by atoms with Crippen molar-refractivity contribution in [1.29, 1.82) is 0 Å². The highest BCUT2D eigenvalue weighted by molar-refractivity contribution is 5.81. The van der Waals surface area contributed by atoms with Crippen molar-refractivity contribution < 1.29 is 4.79 Å². The van der Waals surface area contributed by atoms with Crippen LogP contribution in [0.4, 0.5) is 0 Å². The molecule has 1 aliphatic rings. The van der Waals surface area contributed by atoms with Gasteiger partial charge in [-0.05, 0) is 38.1 Å². The zero-order valence-corrected chi connectivity index (χ0v) is 12.3. The van der Waals surface area contributed by atoms with Gasteiger partial charge in [0.2, 0.25) is 5.91 Å². The summed E-state index contributed by atoms with van der Waals surface area (Å²) in [6.07, 6.45) is 2.39. The lowest BCUT2D eigenvalue weighted by molar-refractivity contribution is -0.128. The Kier molecular flexibility index (Phi) is 6.09. The van der Waals surface area contributed by atoms with Gasteiger partial charge in [0.25, 0.3) is 0 Å². The van der Waals surface area contributed by atoms with Crippen LogP contribution in [0.25, 0.3) is 0 Å². The fourth-order valence-corrected chi connectivity index (χ4v) is 2.73. The van der Waals surface area contributed by atoms with Crippen LogP contribution in [0.3, 0.4) is 0 Å². The topological polar surface area (TPSA) is 58.4 Å². The third-order valence-corrected chi connectivity index (χ3v) is 3.96. The van der Waals surface area contributed by atoms with Gasteiger partial charge in [-0.1, -0.05) is 20.8 Å². The summed E-state index contributed by atoms with van der Waals surface area (Å²) in [5, 5.41) is 3.02. The first kappa shape index (κ1) is 15.4. The number of nitrogens with two attached hydrogens (primary N) is 1. The number of rotatable bonds is 5. The van der Waals surface area contributed by atoms with E-state index in [1.54, 1.807) is 0 Å². The first-order valence-corrected chi connectivity index (χ1v) is 7.20. The van der Waals surface area contributed by atoms with Crippen molar-refractivity contribution in [3.63, 3.8) is 0 Å². The number of hydrogen-bond acceptors (Lipinski definition) is 3. The van der Waals surface area contributed by atoms with Gasteiger partial charge in [0.15, 0.2) is 0 Å². The van der Waals surface area contributed by atoms with Crippen LogP contribution in [-0.4, -0.2) is 42.5 Å². The Labute approximate surface area is 111 Å². The third-order valence-electron chi connectivity index (χ3n) is 3.96. The molecule has 0 radical (unpaired) electrons. The Balaban J connectivity index is 2.57. The van der Waals surface area contributed by atoms with Crippen molar-refractivity contribution >= 4 is 5.91 Å². The van der Waals surface area contributed by atoms with E-state index in [2.05, 4.69) is 31.0 Å². The van der Waals surface area contributed by atoms with Crippen molar-refractivity contribution in [2.24, 2.45) is 17.6 Å². The van der Waals surface area contributed by atoms with Crippen LogP contribution in [0, 0.1) is 11.8 Å². The predicted octanol–water partition coefficient (Wildman–Crippen LogP) is 1.21. The van der Waals surface area contributed by atoms with Gasteiger partial charge >= 0.3 is 0 Å². The van der Waals surface area contributed by atoms with Crippen LogP contribution in [0.1, 0.15) is 40.5 Å². The number of hydrogen-bond donors (Lipinski definition) is 2. The molecule has 0 aromatic heterocycles. The van der Waals surface area contributed by atoms with Gasteiger partial charge in [-0.25, -0.2) is 0 Å². The molecule has 3 unspecified atom stereocenters. The number of nitrogens with zero attached hydrogens (tertiary/aromatic N) is 1. The molecule has 1 aliphatic heterocycles. The van der Waals surface area contributed by atoms with E-state index in [-0.39, 0.29) is 11.9 Å². The van der Waals surface area contributed by atoms with E-state index < -0.39 is 0 Å². The van der Waals surface area contributed by atoms with Gasteiger partial charge in [0.1, 0.15) is 0 Å². The minimum atomic E-state index is -0.0694. The summed E-state index contributed by atoms with van der Waals surface area (Å²) in [6.45, 7) is 10.8. The molecule has 0 saturated carbocycles. The molecule has 0 aromatic rings. The van der Waals surface area contributed by atoms with E-state index in [1.807, 2.05) is 6.92 Å². The second-order valence-corrected chi connectivity index (χ2v) is 5.98. The maximum absolute atomic E-state index is 12.1. The molecule has 3 atom stereocenters. The summed E-state index contributed by atoms with van der Waals surface area (Å²) >= 11 is 0. The Morgan fingerprint density at radius 1 is 1.44 bits per heavy atom.